The van der Waals surface area contributed by atoms with Crippen molar-refractivity contribution >= 4 is 10.0 Å². The van der Waals surface area contributed by atoms with Crippen LogP contribution in [0.15, 0.2) is 29.2 Å². The van der Waals surface area contributed by atoms with Crippen LogP contribution in [0.25, 0.3) is 0 Å². The van der Waals surface area contributed by atoms with E-state index in [4.69, 9.17) is 0 Å². The molecule has 19 heavy (non-hydrogen) atoms. The van der Waals surface area contributed by atoms with E-state index in [0.717, 1.165) is 12.0 Å². The van der Waals surface area contributed by atoms with Gasteiger partial charge in [0.05, 0.1) is 4.90 Å². The van der Waals surface area contributed by atoms with Crippen LogP contribution in [0.3, 0.4) is 0 Å². The molecule has 0 amide bonds. The Kier molecular flexibility index (Phi) is 5.52. The highest BCUT2D eigenvalue weighted by Gasteiger charge is 2.23. The van der Waals surface area contributed by atoms with E-state index in [1.807, 2.05) is 27.0 Å². The molecule has 108 valence electrons. The summed E-state index contributed by atoms with van der Waals surface area (Å²) in [6.07, 6.45) is 0.917. The summed E-state index contributed by atoms with van der Waals surface area (Å²) >= 11 is 0. The van der Waals surface area contributed by atoms with E-state index in [1.165, 1.54) is 4.31 Å². The molecule has 0 aromatic heterocycles. The molecule has 4 nitrogen and oxygen atoms in total. The highest BCUT2D eigenvalue weighted by molar-refractivity contribution is 7.89. The van der Waals surface area contributed by atoms with Crippen molar-refractivity contribution in [3.05, 3.63) is 29.8 Å². The number of hydrogen-bond donors (Lipinski definition) is 1. The van der Waals surface area contributed by atoms with Gasteiger partial charge >= 0.3 is 0 Å². The normalized spacial score (nSPS) is 14.1. The van der Waals surface area contributed by atoms with Crippen molar-refractivity contribution in [3.63, 3.8) is 0 Å². The van der Waals surface area contributed by atoms with Crippen molar-refractivity contribution in [1.29, 1.82) is 0 Å². The van der Waals surface area contributed by atoms with E-state index >= 15 is 0 Å². The van der Waals surface area contributed by atoms with Gasteiger partial charge in [0.25, 0.3) is 0 Å². The Labute approximate surface area is 116 Å². The number of nitrogens with one attached hydrogen (secondary N) is 1. The van der Waals surface area contributed by atoms with Crippen LogP contribution >= 0.6 is 0 Å². The molecule has 0 saturated carbocycles. The van der Waals surface area contributed by atoms with Gasteiger partial charge in [0, 0.05) is 19.1 Å². The Balaban J connectivity index is 3.19. The summed E-state index contributed by atoms with van der Waals surface area (Å²) in [6, 6.07) is 7.30. The fraction of sp³-hybridized carbons (Fsp3) is 0.571. The Bertz CT molecular complexity index is 508. The fourth-order valence-corrected chi connectivity index (χ4v) is 3.37. The van der Waals surface area contributed by atoms with Crippen molar-refractivity contribution in [2.75, 3.05) is 14.1 Å². The summed E-state index contributed by atoms with van der Waals surface area (Å²) in [7, 11) is 0.0925. The summed E-state index contributed by atoms with van der Waals surface area (Å²) in [5.41, 5.74) is 1.00. The van der Waals surface area contributed by atoms with E-state index < -0.39 is 10.0 Å². The highest BCUT2D eigenvalue weighted by atomic mass is 32.2. The van der Waals surface area contributed by atoms with Gasteiger partial charge < -0.3 is 5.32 Å². The van der Waals surface area contributed by atoms with E-state index in [2.05, 4.69) is 12.2 Å². The molecule has 5 heteroatoms. The topological polar surface area (TPSA) is 49.4 Å². The standard InChI is InChI=1S/C14H24N2O2S/c1-6-14(15-4)12-8-7-9-13(10-12)19(17,18)16(5)11(2)3/h7-11,14-15H,6H2,1-5H3. The van der Waals surface area contributed by atoms with Crippen LogP contribution in [0, 0.1) is 0 Å². The molecule has 0 fully saturated rings. The zero-order valence-corrected chi connectivity index (χ0v) is 13.2. The van der Waals surface area contributed by atoms with Crippen LogP contribution in [-0.2, 0) is 10.0 Å². The molecular weight excluding hydrogens is 260 g/mol. The van der Waals surface area contributed by atoms with Crippen LogP contribution in [0.2, 0.25) is 0 Å². The van der Waals surface area contributed by atoms with Crippen molar-refractivity contribution in [2.45, 2.75) is 44.2 Å². The first kappa shape index (κ1) is 16.1. The summed E-state index contributed by atoms with van der Waals surface area (Å²) in [5.74, 6) is 0. The molecule has 1 N–H and O–H groups in total. The first-order chi connectivity index (χ1) is 8.84. The van der Waals surface area contributed by atoms with Gasteiger partial charge in [-0.15, -0.1) is 0 Å². The van der Waals surface area contributed by atoms with Gasteiger partial charge in [0.15, 0.2) is 0 Å². The predicted molar refractivity (Wildman–Crippen MR) is 78.6 cm³/mol. The third-order valence-electron chi connectivity index (χ3n) is 3.42. The average molecular weight is 284 g/mol. The van der Waals surface area contributed by atoms with Gasteiger partial charge in [-0.3, -0.25) is 0 Å². The van der Waals surface area contributed by atoms with Gasteiger partial charge in [0.2, 0.25) is 10.0 Å². The van der Waals surface area contributed by atoms with E-state index in [-0.39, 0.29) is 12.1 Å². The first-order valence-corrected chi connectivity index (χ1v) is 8.03. The monoisotopic (exact) mass is 284 g/mol. The zero-order valence-electron chi connectivity index (χ0n) is 12.3. The molecule has 0 aliphatic carbocycles. The zero-order chi connectivity index (χ0) is 14.6. The molecule has 0 aliphatic heterocycles. The van der Waals surface area contributed by atoms with Gasteiger partial charge in [-0.25, -0.2) is 8.42 Å². The highest BCUT2D eigenvalue weighted by Crippen LogP contribution is 2.22. The second kappa shape index (κ2) is 6.50. The Morgan fingerprint density at radius 3 is 2.42 bits per heavy atom. The maximum absolute atomic E-state index is 12.4. The second-order valence-electron chi connectivity index (χ2n) is 4.94. The lowest BCUT2D eigenvalue weighted by Gasteiger charge is -2.22. The summed E-state index contributed by atoms with van der Waals surface area (Å²) in [5, 5.41) is 3.19. The number of benzene rings is 1. The first-order valence-electron chi connectivity index (χ1n) is 6.59. The molecule has 0 radical (unpaired) electrons. The Morgan fingerprint density at radius 2 is 1.95 bits per heavy atom. The van der Waals surface area contributed by atoms with Crippen molar-refractivity contribution in [1.82, 2.24) is 9.62 Å². The summed E-state index contributed by atoms with van der Waals surface area (Å²) in [6.45, 7) is 5.80. The number of nitrogens with zero attached hydrogens (tertiary/aromatic N) is 1. The Hall–Kier alpha value is -0.910. The quantitative estimate of drug-likeness (QED) is 0.872. The average Bonchev–Trinajstić information content (AvgIpc) is 2.39. The molecule has 0 saturated heterocycles. The van der Waals surface area contributed by atoms with Crippen LogP contribution in [-0.4, -0.2) is 32.9 Å². The van der Waals surface area contributed by atoms with E-state index in [0.29, 0.717) is 4.90 Å². The van der Waals surface area contributed by atoms with E-state index in [9.17, 15) is 8.42 Å². The summed E-state index contributed by atoms with van der Waals surface area (Å²) in [4.78, 5) is 0.356. The second-order valence-corrected chi connectivity index (χ2v) is 6.93. The van der Waals surface area contributed by atoms with Crippen molar-refractivity contribution < 1.29 is 8.42 Å². The van der Waals surface area contributed by atoms with Crippen LogP contribution in [0.5, 0.6) is 0 Å². The van der Waals surface area contributed by atoms with Gasteiger partial charge in [-0.1, -0.05) is 19.1 Å². The lowest BCUT2D eigenvalue weighted by Crippen LogP contribution is -2.33. The molecule has 0 spiro atoms. The molecule has 1 aromatic carbocycles. The Morgan fingerprint density at radius 1 is 1.32 bits per heavy atom. The number of rotatable bonds is 6. The molecule has 0 bridgehead atoms. The van der Waals surface area contributed by atoms with Crippen molar-refractivity contribution in [3.8, 4) is 0 Å². The fourth-order valence-electron chi connectivity index (χ4n) is 1.94. The third kappa shape index (κ3) is 3.55. The minimum atomic E-state index is -3.41. The van der Waals surface area contributed by atoms with Crippen molar-refractivity contribution in [2.24, 2.45) is 0 Å². The SMILES string of the molecule is CCC(NC)c1cccc(S(=O)(=O)N(C)C(C)C)c1. The smallest absolute Gasteiger partial charge is 0.243 e. The maximum atomic E-state index is 12.4. The molecular formula is C14H24N2O2S. The maximum Gasteiger partial charge on any atom is 0.243 e. The molecule has 1 unspecified atom stereocenters. The number of sulfonamides is 1. The van der Waals surface area contributed by atoms with Gasteiger partial charge in [0.1, 0.15) is 0 Å². The molecule has 0 aliphatic rings. The molecule has 0 heterocycles. The largest absolute Gasteiger partial charge is 0.313 e. The molecule has 1 rings (SSSR count). The van der Waals surface area contributed by atoms with Crippen LogP contribution < -0.4 is 5.32 Å². The lowest BCUT2D eigenvalue weighted by molar-refractivity contribution is 0.410. The minimum Gasteiger partial charge on any atom is -0.313 e. The molecule has 1 atom stereocenters. The van der Waals surface area contributed by atoms with Crippen LogP contribution in [0.4, 0.5) is 0 Å². The van der Waals surface area contributed by atoms with Crippen LogP contribution in [0.1, 0.15) is 38.8 Å². The number of hydrogen-bond acceptors (Lipinski definition) is 3. The third-order valence-corrected chi connectivity index (χ3v) is 5.45. The summed E-state index contributed by atoms with van der Waals surface area (Å²) < 4.78 is 26.3. The van der Waals surface area contributed by atoms with E-state index in [1.54, 1.807) is 25.2 Å². The lowest BCUT2D eigenvalue weighted by atomic mass is 10.1. The minimum absolute atomic E-state index is 0.0556. The predicted octanol–water partition coefficient (Wildman–Crippen LogP) is 2.39. The van der Waals surface area contributed by atoms with Gasteiger partial charge in [-0.05, 0) is 45.0 Å². The molecule has 1 aromatic rings. The van der Waals surface area contributed by atoms with Gasteiger partial charge in [-0.2, -0.15) is 4.31 Å².